The first kappa shape index (κ1) is 31.1. The molecule has 0 heterocycles. The molecular weight excluding hydrogens is 553 g/mol. The van der Waals surface area contributed by atoms with Crippen LogP contribution in [0.3, 0.4) is 0 Å². The highest BCUT2D eigenvalue weighted by atomic mass is 35.5. The molecule has 0 aromatic heterocycles. The summed E-state index contributed by atoms with van der Waals surface area (Å²) < 4.78 is 42.3. The molecule has 3 aromatic rings. The predicted octanol–water partition coefficient (Wildman–Crippen LogP) is 5.70. The summed E-state index contributed by atoms with van der Waals surface area (Å²) in [5.41, 5.74) is 1.03. The number of rotatable bonds is 10. The van der Waals surface area contributed by atoms with Crippen LogP contribution in [-0.2, 0) is 26.2 Å². The van der Waals surface area contributed by atoms with Crippen LogP contribution in [0.2, 0.25) is 5.02 Å². The van der Waals surface area contributed by atoms with Gasteiger partial charge in [0, 0.05) is 12.1 Å². The van der Waals surface area contributed by atoms with Gasteiger partial charge in [-0.1, -0.05) is 60.5 Å². The molecule has 0 saturated heterocycles. The number of sulfonamides is 1. The van der Waals surface area contributed by atoms with E-state index in [2.05, 4.69) is 5.32 Å². The van der Waals surface area contributed by atoms with Crippen molar-refractivity contribution in [3.05, 3.63) is 94.8 Å². The highest BCUT2D eigenvalue weighted by Crippen LogP contribution is 2.31. The SMILES string of the molecule is CCC(C(=O)NC(C)(C)C)N(Cc1ccc(F)cc1)C(=O)CN(c1ccccc1Cl)S(=O)(=O)c1ccc(C)cc1. The smallest absolute Gasteiger partial charge is 0.264 e. The Kier molecular flexibility index (Phi) is 9.97. The molecule has 0 spiro atoms. The number of carbonyl (C=O) groups excluding carboxylic acids is 2. The lowest BCUT2D eigenvalue weighted by Gasteiger charge is -2.35. The fraction of sp³-hybridized carbons (Fsp3) is 0.333. The average Bonchev–Trinajstić information content (AvgIpc) is 2.88. The van der Waals surface area contributed by atoms with Gasteiger partial charge in [-0.25, -0.2) is 12.8 Å². The average molecular weight is 588 g/mol. The number of hydrogen-bond acceptors (Lipinski definition) is 4. The second kappa shape index (κ2) is 12.8. The molecule has 1 atom stereocenters. The first-order valence-corrected chi connectivity index (χ1v) is 14.7. The van der Waals surface area contributed by atoms with Crippen molar-refractivity contribution in [1.29, 1.82) is 0 Å². The molecule has 3 rings (SSSR count). The van der Waals surface area contributed by atoms with Crippen molar-refractivity contribution in [2.24, 2.45) is 0 Å². The van der Waals surface area contributed by atoms with E-state index in [9.17, 15) is 22.4 Å². The van der Waals surface area contributed by atoms with Crippen LogP contribution >= 0.6 is 11.6 Å². The van der Waals surface area contributed by atoms with E-state index >= 15 is 0 Å². The van der Waals surface area contributed by atoms with E-state index in [4.69, 9.17) is 11.6 Å². The number of nitrogens with one attached hydrogen (secondary N) is 1. The van der Waals surface area contributed by atoms with Crippen LogP contribution in [0.15, 0.2) is 77.7 Å². The lowest BCUT2D eigenvalue weighted by Crippen LogP contribution is -2.55. The van der Waals surface area contributed by atoms with Crippen LogP contribution in [0.5, 0.6) is 0 Å². The fourth-order valence-corrected chi connectivity index (χ4v) is 5.88. The first-order valence-electron chi connectivity index (χ1n) is 12.9. The van der Waals surface area contributed by atoms with Crippen LogP contribution in [0, 0.1) is 12.7 Å². The maximum absolute atomic E-state index is 14.0. The molecule has 0 fully saturated rings. The normalized spacial score (nSPS) is 12.5. The van der Waals surface area contributed by atoms with Crippen molar-refractivity contribution < 1.29 is 22.4 Å². The Labute approximate surface area is 241 Å². The lowest BCUT2D eigenvalue weighted by atomic mass is 10.1. The largest absolute Gasteiger partial charge is 0.350 e. The molecule has 0 bridgehead atoms. The summed E-state index contributed by atoms with van der Waals surface area (Å²) in [6.45, 7) is 8.46. The van der Waals surface area contributed by atoms with E-state index in [0.717, 1.165) is 9.87 Å². The minimum atomic E-state index is -4.23. The Morgan fingerprint density at radius 3 is 2.12 bits per heavy atom. The Bertz CT molecular complexity index is 1440. The van der Waals surface area contributed by atoms with Gasteiger partial charge in [0.1, 0.15) is 18.4 Å². The predicted molar refractivity (Wildman–Crippen MR) is 156 cm³/mol. The maximum Gasteiger partial charge on any atom is 0.264 e. The maximum atomic E-state index is 14.0. The van der Waals surface area contributed by atoms with Crippen molar-refractivity contribution in [2.45, 2.75) is 64.1 Å². The van der Waals surface area contributed by atoms with Crippen molar-refractivity contribution in [2.75, 3.05) is 10.8 Å². The number of aryl methyl sites for hydroxylation is 1. The molecule has 214 valence electrons. The number of halogens is 2. The number of para-hydroxylation sites is 1. The molecule has 0 aliphatic rings. The van der Waals surface area contributed by atoms with E-state index in [-0.39, 0.29) is 34.5 Å². The van der Waals surface area contributed by atoms with Crippen LogP contribution in [0.4, 0.5) is 10.1 Å². The molecule has 0 saturated carbocycles. The van der Waals surface area contributed by atoms with Crippen molar-refractivity contribution in [3.8, 4) is 0 Å². The van der Waals surface area contributed by atoms with Gasteiger partial charge in [0.05, 0.1) is 15.6 Å². The Morgan fingerprint density at radius 2 is 1.57 bits per heavy atom. The van der Waals surface area contributed by atoms with Gasteiger partial charge in [-0.15, -0.1) is 0 Å². The third-order valence-corrected chi connectivity index (χ3v) is 8.25. The summed E-state index contributed by atoms with van der Waals surface area (Å²) in [4.78, 5) is 28.7. The highest BCUT2D eigenvalue weighted by molar-refractivity contribution is 7.92. The summed E-state index contributed by atoms with van der Waals surface area (Å²) >= 11 is 6.43. The van der Waals surface area contributed by atoms with E-state index in [1.165, 1.54) is 47.4 Å². The van der Waals surface area contributed by atoms with E-state index in [1.807, 2.05) is 27.7 Å². The summed E-state index contributed by atoms with van der Waals surface area (Å²) in [5, 5.41) is 3.06. The Hall–Kier alpha value is -3.43. The summed E-state index contributed by atoms with van der Waals surface area (Å²) in [6, 6.07) is 17.3. The van der Waals surface area contributed by atoms with Crippen LogP contribution < -0.4 is 9.62 Å². The number of anilines is 1. The Morgan fingerprint density at radius 1 is 0.975 bits per heavy atom. The van der Waals surface area contributed by atoms with Crippen molar-refractivity contribution in [3.63, 3.8) is 0 Å². The lowest BCUT2D eigenvalue weighted by molar-refractivity contribution is -0.141. The molecule has 0 aliphatic carbocycles. The van der Waals surface area contributed by atoms with Gasteiger partial charge in [-0.3, -0.25) is 13.9 Å². The van der Waals surface area contributed by atoms with Crippen LogP contribution in [0.25, 0.3) is 0 Å². The second-order valence-corrected chi connectivity index (χ2v) is 12.9. The van der Waals surface area contributed by atoms with Crippen LogP contribution in [0.1, 0.15) is 45.2 Å². The van der Waals surface area contributed by atoms with Gasteiger partial charge >= 0.3 is 0 Å². The fourth-order valence-electron chi connectivity index (χ4n) is 4.16. The summed E-state index contributed by atoms with van der Waals surface area (Å²) in [6.07, 6.45) is 0.269. The molecule has 7 nitrogen and oxygen atoms in total. The van der Waals surface area contributed by atoms with Crippen molar-refractivity contribution >= 4 is 39.1 Å². The minimum absolute atomic E-state index is 0.00609. The van der Waals surface area contributed by atoms with E-state index in [1.54, 1.807) is 37.3 Å². The number of carbonyl (C=O) groups is 2. The first-order chi connectivity index (χ1) is 18.7. The number of benzene rings is 3. The van der Waals surface area contributed by atoms with E-state index in [0.29, 0.717) is 5.56 Å². The van der Waals surface area contributed by atoms with Gasteiger partial charge in [0.15, 0.2) is 0 Å². The molecule has 0 radical (unpaired) electrons. The Balaban J connectivity index is 2.08. The zero-order valence-corrected chi connectivity index (χ0v) is 24.9. The molecule has 0 aliphatic heterocycles. The van der Waals surface area contributed by atoms with E-state index < -0.39 is 39.9 Å². The number of nitrogens with zero attached hydrogens (tertiary/aromatic N) is 2. The molecule has 10 heteroatoms. The third-order valence-electron chi connectivity index (χ3n) is 6.16. The quantitative estimate of drug-likeness (QED) is 0.329. The van der Waals surface area contributed by atoms with Gasteiger partial charge in [0.2, 0.25) is 11.8 Å². The molecule has 1 unspecified atom stereocenters. The molecule has 2 amide bonds. The van der Waals surface area contributed by atoms with Crippen LogP contribution in [-0.4, -0.2) is 43.3 Å². The van der Waals surface area contributed by atoms with Gasteiger partial charge in [0.25, 0.3) is 10.0 Å². The third kappa shape index (κ3) is 7.82. The summed E-state index contributed by atoms with van der Waals surface area (Å²) in [5.74, 6) is -1.43. The molecule has 3 aromatic carbocycles. The number of amides is 2. The van der Waals surface area contributed by atoms with Gasteiger partial charge < -0.3 is 10.2 Å². The van der Waals surface area contributed by atoms with Crippen molar-refractivity contribution in [1.82, 2.24) is 10.2 Å². The highest BCUT2D eigenvalue weighted by Gasteiger charge is 2.35. The molecule has 1 N–H and O–H groups in total. The number of hydrogen-bond donors (Lipinski definition) is 1. The van der Waals surface area contributed by atoms with Gasteiger partial charge in [-0.05, 0) is 76.1 Å². The monoisotopic (exact) mass is 587 g/mol. The standard InChI is InChI=1S/C30H35ClFN3O4S/c1-6-26(29(37)33-30(3,4)5)34(19-22-13-15-23(32)16-14-22)28(36)20-35(27-10-8-7-9-25(27)31)40(38,39)24-17-11-21(2)12-18-24/h7-18,26H,6,19-20H2,1-5H3,(H,33,37). The topological polar surface area (TPSA) is 86.8 Å². The van der Waals surface area contributed by atoms with Gasteiger partial charge in [-0.2, -0.15) is 0 Å². The summed E-state index contributed by atoms with van der Waals surface area (Å²) in [7, 11) is -4.23. The zero-order valence-electron chi connectivity index (χ0n) is 23.3. The second-order valence-electron chi connectivity index (χ2n) is 10.6. The minimum Gasteiger partial charge on any atom is -0.350 e. The molecule has 40 heavy (non-hydrogen) atoms. The zero-order chi connectivity index (χ0) is 29.7. The molecular formula is C30H35ClFN3O4S.